The van der Waals surface area contributed by atoms with Crippen LogP contribution in [-0.2, 0) is 4.74 Å². The lowest BCUT2D eigenvalue weighted by atomic mass is 9.88. The van der Waals surface area contributed by atoms with Gasteiger partial charge in [-0.2, -0.15) is 0 Å². The number of halogens is 1. The average molecular weight is 266 g/mol. The summed E-state index contributed by atoms with van der Waals surface area (Å²) in [4.78, 5) is 28.2. The van der Waals surface area contributed by atoms with Gasteiger partial charge >= 0.3 is 0 Å². The minimum absolute atomic E-state index is 0.109. The van der Waals surface area contributed by atoms with Gasteiger partial charge in [-0.15, -0.1) is 11.6 Å². The van der Waals surface area contributed by atoms with Crippen LogP contribution in [0.2, 0.25) is 0 Å². The molecule has 0 amide bonds. The van der Waals surface area contributed by atoms with Gasteiger partial charge in [0.25, 0.3) is 0 Å². The molecule has 1 atom stereocenters. The molecular weight excluding hydrogens is 254 g/mol. The van der Waals surface area contributed by atoms with Crippen LogP contribution < -0.4 is 0 Å². The van der Waals surface area contributed by atoms with Gasteiger partial charge in [0.05, 0.1) is 13.2 Å². The molecule has 18 heavy (non-hydrogen) atoms. The summed E-state index contributed by atoms with van der Waals surface area (Å²) in [6, 6.07) is 6.65. The van der Waals surface area contributed by atoms with Gasteiger partial charge in [-0.05, 0) is 0 Å². The van der Waals surface area contributed by atoms with Gasteiger partial charge in [0, 0.05) is 18.2 Å². The fourth-order valence-corrected chi connectivity index (χ4v) is 2.10. The predicted octanol–water partition coefficient (Wildman–Crippen LogP) is 1.76. The molecule has 0 aromatic heterocycles. The second-order valence-corrected chi connectivity index (χ2v) is 4.30. The number of fused-ring (bicyclic) bond motifs is 1. The van der Waals surface area contributed by atoms with Crippen molar-refractivity contribution in [1.82, 2.24) is 0 Å². The number of aliphatic imine (C=N–C) groups is 1. The summed E-state index contributed by atoms with van der Waals surface area (Å²) in [6.45, 7) is 0.701. The van der Waals surface area contributed by atoms with E-state index in [1.165, 1.54) is 0 Å². The fraction of sp³-hybridized carbons (Fsp3) is 0.308. The van der Waals surface area contributed by atoms with E-state index in [9.17, 15) is 9.59 Å². The van der Waals surface area contributed by atoms with E-state index in [-0.39, 0.29) is 17.3 Å². The number of ether oxygens (including phenoxy) is 1. The van der Waals surface area contributed by atoms with Crippen molar-refractivity contribution in [3.05, 3.63) is 35.4 Å². The predicted molar refractivity (Wildman–Crippen MR) is 68.9 cm³/mol. The molecular formula is C13H12ClNO3. The third kappa shape index (κ3) is 2.21. The molecule has 0 bridgehead atoms. The molecule has 0 saturated carbocycles. The second-order valence-electron chi connectivity index (χ2n) is 3.86. The average Bonchev–Trinajstić information content (AvgIpc) is 2.40. The maximum Gasteiger partial charge on any atom is 0.209 e. The van der Waals surface area contributed by atoms with Gasteiger partial charge in [-0.1, -0.05) is 24.3 Å². The molecule has 0 radical (unpaired) electrons. The van der Waals surface area contributed by atoms with E-state index in [4.69, 9.17) is 16.3 Å². The first-order valence-electron chi connectivity index (χ1n) is 5.52. The molecule has 0 heterocycles. The molecule has 1 aromatic rings. The molecule has 1 aliphatic rings. The summed E-state index contributed by atoms with van der Waals surface area (Å²) in [7, 11) is 1.54. The number of methoxy groups -OCH3 is 1. The molecule has 0 spiro atoms. The molecule has 0 fully saturated rings. The van der Waals surface area contributed by atoms with E-state index in [0.29, 0.717) is 24.3 Å². The molecule has 0 aliphatic heterocycles. The number of carbonyl (C=O) groups excluding carboxylic acids is 2. The Bertz CT molecular complexity index is 525. The topological polar surface area (TPSA) is 55.7 Å². The number of nitrogens with zero attached hydrogens (tertiary/aromatic N) is 1. The highest BCUT2D eigenvalue weighted by molar-refractivity contribution is 6.64. The molecule has 0 saturated heterocycles. The Kier molecular flexibility index (Phi) is 3.89. The summed E-state index contributed by atoms with van der Waals surface area (Å²) in [5.41, 5.74) is 0.848. The monoisotopic (exact) mass is 265 g/mol. The van der Waals surface area contributed by atoms with E-state index < -0.39 is 5.38 Å². The zero-order valence-corrected chi connectivity index (χ0v) is 10.6. The van der Waals surface area contributed by atoms with Gasteiger partial charge in [-0.3, -0.25) is 14.6 Å². The highest BCUT2D eigenvalue weighted by Gasteiger charge is 2.36. The Labute approximate surface area is 110 Å². The number of benzene rings is 1. The number of ketones is 2. The highest BCUT2D eigenvalue weighted by atomic mass is 35.5. The van der Waals surface area contributed by atoms with Gasteiger partial charge in [0.1, 0.15) is 11.1 Å². The number of Topliss-reactive ketones (excluding diaryl/α,β-unsaturated/α-hetero) is 2. The SMILES string of the molecule is COCCN=C1C(=O)c2ccccc2C(=O)C1Cl. The van der Waals surface area contributed by atoms with Crippen molar-refractivity contribution < 1.29 is 14.3 Å². The first-order chi connectivity index (χ1) is 8.66. The van der Waals surface area contributed by atoms with Crippen molar-refractivity contribution in [2.45, 2.75) is 5.38 Å². The minimum Gasteiger partial charge on any atom is -0.383 e. The van der Waals surface area contributed by atoms with E-state index in [1.54, 1.807) is 31.4 Å². The zero-order chi connectivity index (χ0) is 13.1. The summed E-state index contributed by atoms with van der Waals surface area (Å²) < 4.78 is 4.85. The van der Waals surface area contributed by atoms with Gasteiger partial charge in [0.15, 0.2) is 5.78 Å². The molecule has 1 aliphatic carbocycles. The maximum absolute atomic E-state index is 12.2. The molecule has 0 N–H and O–H groups in total. The molecule has 5 heteroatoms. The van der Waals surface area contributed by atoms with Crippen molar-refractivity contribution >= 4 is 28.9 Å². The van der Waals surface area contributed by atoms with E-state index >= 15 is 0 Å². The first kappa shape index (κ1) is 12.9. The third-order valence-corrected chi connectivity index (χ3v) is 3.12. The van der Waals surface area contributed by atoms with E-state index in [1.807, 2.05) is 0 Å². The number of rotatable bonds is 3. The van der Waals surface area contributed by atoms with Crippen molar-refractivity contribution in [3.8, 4) is 0 Å². The van der Waals surface area contributed by atoms with Crippen LogP contribution in [0.5, 0.6) is 0 Å². The van der Waals surface area contributed by atoms with Crippen LogP contribution in [0.25, 0.3) is 0 Å². The van der Waals surface area contributed by atoms with Crippen molar-refractivity contribution in [3.63, 3.8) is 0 Å². The quantitative estimate of drug-likeness (QED) is 0.618. The molecule has 1 unspecified atom stereocenters. The zero-order valence-electron chi connectivity index (χ0n) is 9.85. The Balaban J connectivity index is 2.39. The van der Waals surface area contributed by atoms with Crippen LogP contribution in [0.4, 0.5) is 0 Å². The summed E-state index contributed by atoms with van der Waals surface area (Å²) in [5.74, 6) is -0.552. The summed E-state index contributed by atoms with van der Waals surface area (Å²) in [6.07, 6.45) is 0. The lowest BCUT2D eigenvalue weighted by Crippen LogP contribution is -2.38. The van der Waals surface area contributed by atoms with Crippen LogP contribution in [0.15, 0.2) is 29.3 Å². The normalized spacial score (nSPS) is 21.2. The lowest BCUT2D eigenvalue weighted by molar-refractivity contribution is 0.0967. The smallest absolute Gasteiger partial charge is 0.209 e. The molecule has 1 aromatic carbocycles. The van der Waals surface area contributed by atoms with Gasteiger partial charge in [0.2, 0.25) is 5.78 Å². The van der Waals surface area contributed by atoms with Crippen LogP contribution in [0.1, 0.15) is 20.7 Å². The maximum atomic E-state index is 12.2. The molecule has 2 rings (SSSR count). The Morgan fingerprint density at radius 1 is 1.28 bits per heavy atom. The Morgan fingerprint density at radius 2 is 1.94 bits per heavy atom. The first-order valence-corrected chi connectivity index (χ1v) is 5.95. The Hall–Kier alpha value is -1.52. The summed E-state index contributed by atoms with van der Waals surface area (Å²) >= 11 is 5.99. The van der Waals surface area contributed by atoms with Gasteiger partial charge < -0.3 is 4.74 Å². The number of hydrogen-bond donors (Lipinski definition) is 0. The standard InChI is InChI=1S/C13H12ClNO3/c1-18-7-6-15-11-10(14)12(16)8-4-2-3-5-9(8)13(11)17/h2-5,10H,6-7H2,1H3. The van der Waals surface area contributed by atoms with Crippen molar-refractivity contribution in [2.75, 3.05) is 20.3 Å². The largest absolute Gasteiger partial charge is 0.383 e. The van der Waals surface area contributed by atoms with Crippen molar-refractivity contribution in [2.24, 2.45) is 4.99 Å². The highest BCUT2D eigenvalue weighted by Crippen LogP contribution is 2.23. The van der Waals surface area contributed by atoms with Gasteiger partial charge in [-0.25, -0.2) is 0 Å². The number of carbonyl (C=O) groups is 2. The van der Waals surface area contributed by atoms with Crippen molar-refractivity contribution in [1.29, 1.82) is 0 Å². The Morgan fingerprint density at radius 3 is 2.61 bits per heavy atom. The number of alkyl halides is 1. The summed E-state index contributed by atoms with van der Waals surface area (Å²) in [5, 5.41) is -0.996. The molecule has 4 nitrogen and oxygen atoms in total. The number of hydrogen-bond acceptors (Lipinski definition) is 4. The second kappa shape index (κ2) is 5.42. The van der Waals surface area contributed by atoms with Crippen LogP contribution >= 0.6 is 11.6 Å². The van der Waals surface area contributed by atoms with E-state index in [2.05, 4.69) is 4.99 Å². The minimum atomic E-state index is -0.996. The third-order valence-electron chi connectivity index (χ3n) is 2.72. The van der Waals surface area contributed by atoms with Crippen LogP contribution in [-0.4, -0.2) is 42.9 Å². The lowest BCUT2D eigenvalue weighted by Gasteiger charge is -2.19. The van der Waals surface area contributed by atoms with Crippen LogP contribution in [0, 0.1) is 0 Å². The molecule has 94 valence electrons. The fourth-order valence-electron chi connectivity index (χ4n) is 1.82. The van der Waals surface area contributed by atoms with Crippen LogP contribution in [0.3, 0.4) is 0 Å². The van der Waals surface area contributed by atoms with E-state index in [0.717, 1.165) is 0 Å².